The van der Waals surface area contributed by atoms with Crippen LogP contribution in [0.4, 0.5) is 5.69 Å². The van der Waals surface area contributed by atoms with Gasteiger partial charge in [-0.05, 0) is 62.1 Å². The van der Waals surface area contributed by atoms with Gasteiger partial charge in [-0.3, -0.25) is 4.79 Å². The van der Waals surface area contributed by atoms with Crippen molar-refractivity contribution in [2.75, 3.05) is 18.4 Å². The lowest BCUT2D eigenvalue weighted by Gasteiger charge is -2.29. The third-order valence-corrected chi connectivity index (χ3v) is 6.84. The number of piperidine rings is 1. The maximum atomic E-state index is 12.8. The highest BCUT2D eigenvalue weighted by molar-refractivity contribution is 7.89. The predicted octanol–water partition coefficient (Wildman–Crippen LogP) is 3.51. The maximum Gasteiger partial charge on any atom is 0.265 e. The maximum absolute atomic E-state index is 12.8. The number of amides is 1. The Morgan fingerprint density at radius 3 is 2.29 bits per heavy atom. The smallest absolute Gasteiger partial charge is 0.265 e. The molecule has 0 aliphatic carbocycles. The summed E-state index contributed by atoms with van der Waals surface area (Å²) in [7, 11) is -3.49. The van der Waals surface area contributed by atoms with E-state index < -0.39 is 16.1 Å². The van der Waals surface area contributed by atoms with Crippen LogP contribution in [0.1, 0.15) is 26.7 Å². The molecular weight excluding hydrogens is 376 g/mol. The Morgan fingerprint density at radius 1 is 1.07 bits per heavy atom. The number of para-hydroxylation sites is 1. The van der Waals surface area contributed by atoms with Gasteiger partial charge in [-0.25, -0.2) is 8.42 Å². The Kier molecular flexibility index (Phi) is 6.36. The lowest BCUT2D eigenvalue weighted by molar-refractivity contribution is -0.122. The molecule has 1 unspecified atom stereocenters. The zero-order valence-corrected chi connectivity index (χ0v) is 17.0. The van der Waals surface area contributed by atoms with E-state index in [1.54, 1.807) is 31.2 Å². The van der Waals surface area contributed by atoms with Crippen molar-refractivity contribution >= 4 is 21.6 Å². The minimum atomic E-state index is -3.49. The van der Waals surface area contributed by atoms with E-state index in [9.17, 15) is 13.2 Å². The number of hydrogen-bond donors (Lipinski definition) is 1. The number of anilines is 1. The normalized spacial score (nSPS) is 17.1. The molecule has 1 fully saturated rings. The van der Waals surface area contributed by atoms with Crippen molar-refractivity contribution in [3.05, 3.63) is 54.6 Å². The van der Waals surface area contributed by atoms with Crippen molar-refractivity contribution in [3.63, 3.8) is 0 Å². The molecule has 2 aromatic carbocycles. The van der Waals surface area contributed by atoms with Gasteiger partial charge in [-0.2, -0.15) is 4.31 Å². The minimum absolute atomic E-state index is 0.244. The number of benzene rings is 2. The monoisotopic (exact) mass is 402 g/mol. The van der Waals surface area contributed by atoms with Gasteiger partial charge in [0.25, 0.3) is 5.91 Å². The molecule has 1 heterocycles. The number of rotatable bonds is 6. The molecule has 1 atom stereocenters. The number of ether oxygens (including phenoxy) is 1. The molecule has 7 heteroatoms. The molecular formula is C21H26N2O4S. The zero-order chi connectivity index (χ0) is 20.1. The number of nitrogens with one attached hydrogen (secondary N) is 1. The molecule has 1 aliphatic rings. The molecule has 1 N–H and O–H groups in total. The third kappa shape index (κ3) is 4.91. The fraction of sp³-hybridized carbons (Fsp3) is 0.381. The summed E-state index contributed by atoms with van der Waals surface area (Å²) in [5, 5.41) is 2.75. The van der Waals surface area contributed by atoms with Crippen LogP contribution in [-0.2, 0) is 14.8 Å². The van der Waals surface area contributed by atoms with Crippen LogP contribution in [0.15, 0.2) is 59.5 Å². The molecule has 6 nitrogen and oxygen atoms in total. The van der Waals surface area contributed by atoms with E-state index >= 15 is 0 Å². The fourth-order valence-corrected chi connectivity index (χ4v) is 4.55. The number of carbonyl (C=O) groups excluding carboxylic acids is 1. The van der Waals surface area contributed by atoms with Crippen molar-refractivity contribution in [2.45, 2.75) is 37.7 Å². The van der Waals surface area contributed by atoms with E-state index in [-0.39, 0.29) is 10.8 Å². The highest BCUT2D eigenvalue weighted by atomic mass is 32.2. The van der Waals surface area contributed by atoms with Crippen LogP contribution in [0.5, 0.6) is 5.75 Å². The summed E-state index contributed by atoms with van der Waals surface area (Å²) in [6.07, 6.45) is 1.08. The molecule has 3 rings (SSSR count). The van der Waals surface area contributed by atoms with Crippen LogP contribution in [0.2, 0.25) is 0 Å². The van der Waals surface area contributed by atoms with Crippen LogP contribution < -0.4 is 10.1 Å². The predicted molar refractivity (Wildman–Crippen MR) is 109 cm³/mol. The van der Waals surface area contributed by atoms with Crippen LogP contribution in [-0.4, -0.2) is 37.8 Å². The van der Waals surface area contributed by atoms with Gasteiger partial charge in [-0.15, -0.1) is 0 Å². The number of nitrogens with zero attached hydrogens (tertiary/aromatic N) is 1. The van der Waals surface area contributed by atoms with Crippen LogP contribution in [0.25, 0.3) is 0 Å². The second-order valence-electron chi connectivity index (χ2n) is 7.17. The SMILES string of the molecule is CC1CCN(S(=O)(=O)c2ccc(NC(=O)C(C)Oc3ccccc3)cc2)CC1. The third-order valence-electron chi connectivity index (χ3n) is 4.93. The van der Waals surface area contributed by atoms with Gasteiger partial charge in [0.05, 0.1) is 4.90 Å². The Labute approximate surface area is 166 Å². The summed E-state index contributed by atoms with van der Waals surface area (Å²) < 4.78 is 32.7. The fourth-order valence-electron chi connectivity index (χ4n) is 3.09. The van der Waals surface area contributed by atoms with Crippen molar-refractivity contribution in [1.29, 1.82) is 0 Å². The van der Waals surface area contributed by atoms with Gasteiger partial charge in [0.1, 0.15) is 5.75 Å². The largest absolute Gasteiger partial charge is 0.481 e. The summed E-state index contributed by atoms with van der Waals surface area (Å²) in [5.41, 5.74) is 0.528. The van der Waals surface area contributed by atoms with Gasteiger partial charge >= 0.3 is 0 Å². The number of sulfonamides is 1. The van der Waals surface area contributed by atoms with Gasteiger partial charge in [0.2, 0.25) is 10.0 Å². The molecule has 150 valence electrons. The van der Waals surface area contributed by atoms with Gasteiger partial charge in [0, 0.05) is 18.8 Å². The average Bonchev–Trinajstić information content (AvgIpc) is 2.69. The Balaban J connectivity index is 1.61. The van der Waals surface area contributed by atoms with Crippen molar-refractivity contribution in [2.24, 2.45) is 5.92 Å². The average molecular weight is 403 g/mol. The van der Waals surface area contributed by atoms with Crippen LogP contribution in [0.3, 0.4) is 0 Å². The highest BCUT2D eigenvalue weighted by Gasteiger charge is 2.28. The molecule has 28 heavy (non-hydrogen) atoms. The molecule has 0 saturated carbocycles. The summed E-state index contributed by atoms with van der Waals surface area (Å²) in [5.74, 6) is 0.871. The Morgan fingerprint density at radius 2 is 1.68 bits per heavy atom. The van der Waals surface area contributed by atoms with Crippen molar-refractivity contribution in [3.8, 4) is 5.75 Å². The molecule has 1 aliphatic heterocycles. The Bertz CT molecular complexity index is 890. The van der Waals surface area contributed by atoms with E-state index in [0.717, 1.165) is 12.8 Å². The van der Waals surface area contributed by atoms with E-state index in [2.05, 4.69) is 12.2 Å². The topological polar surface area (TPSA) is 75.7 Å². The number of carbonyl (C=O) groups is 1. The van der Waals surface area contributed by atoms with Crippen LogP contribution in [0, 0.1) is 5.92 Å². The second kappa shape index (κ2) is 8.75. The summed E-state index contributed by atoms with van der Waals surface area (Å²) in [6.45, 7) is 4.91. The Hall–Kier alpha value is -2.38. The minimum Gasteiger partial charge on any atom is -0.481 e. The summed E-state index contributed by atoms with van der Waals surface area (Å²) in [4.78, 5) is 12.6. The van der Waals surface area contributed by atoms with E-state index in [0.29, 0.717) is 30.4 Å². The quantitative estimate of drug-likeness (QED) is 0.802. The van der Waals surface area contributed by atoms with Crippen molar-refractivity contribution < 1.29 is 17.9 Å². The van der Waals surface area contributed by atoms with E-state index in [1.165, 1.54) is 16.4 Å². The zero-order valence-electron chi connectivity index (χ0n) is 16.2. The van der Waals surface area contributed by atoms with Crippen LogP contribution >= 0.6 is 0 Å². The lowest BCUT2D eigenvalue weighted by Crippen LogP contribution is -2.37. The van der Waals surface area contributed by atoms with E-state index in [4.69, 9.17) is 4.74 Å². The summed E-state index contributed by atoms with van der Waals surface area (Å²) in [6, 6.07) is 15.4. The molecule has 0 spiro atoms. The molecule has 0 aromatic heterocycles. The second-order valence-corrected chi connectivity index (χ2v) is 9.11. The lowest BCUT2D eigenvalue weighted by atomic mass is 10.0. The standard InChI is InChI=1S/C21H26N2O4S/c1-16-12-14-23(15-13-16)28(25,26)20-10-8-18(9-11-20)22-21(24)17(2)27-19-6-4-3-5-7-19/h3-11,16-17H,12-15H2,1-2H3,(H,22,24). The number of hydrogen-bond acceptors (Lipinski definition) is 4. The first kappa shape index (κ1) is 20.4. The molecule has 1 amide bonds. The molecule has 0 bridgehead atoms. The van der Waals surface area contributed by atoms with Gasteiger partial charge in [0.15, 0.2) is 6.10 Å². The van der Waals surface area contributed by atoms with E-state index in [1.807, 2.05) is 18.2 Å². The van der Waals surface area contributed by atoms with Crippen molar-refractivity contribution in [1.82, 2.24) is 4.31 Å². The first-order valence-electron chi connectivity index (χ1n) is 9.49. The first-order chi connectivity index (χ1) is 13.4. The molecule has 1 saturated heterocycles. The summed E-state index contributed by atoms with van der Waals surface area (Å²) >= 11 is 0. The molecule has 0 radical (unpaired) electrons. The highest BCUT2D eigenvalue weighted by Crippen LogP contribution is 2.24. The molecule has 2 aromatic rings. The van der Waals surface area contributed by atoms with Gasteiger partial charge < -0.3 is 10.1 Å². The first-order valence-corrected chi connectivity index (χ1v) is 10.9. The van der Waals surface area contributed by atoms with Gasteiger partial charge in [-0.1, -0.05) is 25.1 Å².